The Morgan fingerprint density at radius 3 is 2.65 bits per heavy atom. The van der Waals surface area contributed by atoms with Crippen molar-refractivity contribution in [3.63, 3.8) is 0 Å². The van der Waals surface area contributed by atoms with Crippen LogP contribution < -0.4 is 4.90 Å². The molecule has 2 aromatic rings. The minimum absolute atomic E-state index is 0.0433. The van der Waals surface area contributed by atoms with E-state index in [-0.39, 0.29) is 27.8 Å². The number of carbonyl (C=O) groups is 1. The molecule has 0 aliphatic carbocycles. The summed E-state index contributed by atoms with van der Waals surface area (Å²) in [6, 6.07) is 4.23. The molecule has 0 amide bonds. The van der Waals surface area contributed by atoms with Gasteiger partial charge in [0.25, 0.3) is 0 Å². The van der Waals surface area contributed by atoms with Crippen LogP contribution in [0.1, 0.15) is 10.4 Å². The summed E-state index contributed by atoms with van der Waals surface area (Å²) in [4.78, 5) is 20.6. The Balaban J connectivity index is 2.65. The van der Waals surface area contributed by atoms with E-state index in [4.69, 9.17) is 16.7 Å². The van der Waals surface area contributed by atoms with E-state index < -0.39 is 11.8 Å². The molecule has 0 saturated heterocycles. The van der Waals surface area contributed by atoms with Gasteiger partial charge in [0.2, 0.25) is 0 Å². The van der Waals surface area contributed by atoms with Crippen molar-refractivity contribution in [2.75, 3.05) is 19.0 Å². The molecule has 1 N–H and O–H groups in total. The van der Waals surface area contributed by atoms with E-state index in [1.54, 1.807) is 14.1 Å². The standard InChI is InChI=1S/C13H11ClFN3O2/c1-18(2)12-7(13(19)20)6-16-11(17-12)10-8(14)4-3-5-9(10)15/h3-6H,1-2H3,(H,19,20). The number of aromatic carboxylic acids is 1. The van der Waals surface area contributed by atoms with Gasteiger partial charge in [0.05, 0.1) is 10.6 Å². The van der Waals surface area contributed by atoms with Crippen LogP contribution >= 0.6 is 11.6 Å². The van der Waals surface area contributed by atoms with E-state index >= 15 is 0 Å². The fourth-order valence-corrected chi connectivity index (χ4v) is 1.94. The van der Waals surface area contributed by atoms with Gasteiger partial charge in [-0.1, -0.05) is 17.7 Å². The molecule has 0 saturated carbocycles. The van der Waals surface area contributed by atoms with Crippen LogP contribution in [0.3, 0.4) is 0 Å². The number of anilines is 1. The van der Waals surface area contributed by atoms with Crippen LogP contribution in [0, 0.1) is 5.82 Å². The number of carboxylic acid groups (broad SMARTS) is 1. The molecular weight excluding hydrogens is 285 g/mol. The lowest BCUT2D eigenvalue weighted by atomic mass is 10.2. The summed E-state index contributed by atoms with van der Waals surface area (Å²) in [6.45, 7) is 0. The van der Waals surface area contributed by atoms with Gasteiger partial charge in [-0.2, -0.15) is 0 Å². The number of nitrogens with zero attached hydrogens (tertiary/aromatic N) is 3. The highest BCUT2D eigenvalue weighted by Crippen LogP contribution is 2.29. The molecule has 104 valence electrons. The largest absolute Gasteiger partial charge is 0.477 e. The molecule has 0 atom stereocenters. The van der Waals surface area contributed by atoms with E-state index in [0.717, 1.165) is 6.20 Å². The maximum absolute atomic E-state index is 13.8. The Labute approximate surface area is 119 Å². The fourth-order valence-electron chi connectivity index (χ4n) is 1.70. The van der Waals surface area contributed by atoms with Crippen molar-refractivity contribution in [3.05, 3.63) is 40.8 Å². The highest BCUT2D eigenvalue weighted by atomic mass is 35.5. The predicted molar refractivity (Wildman–Crippen MR) is 73.7 cm³/mol. The fraction of sp³-hybridized carbons (Fsp3) is 0.154. The van der Waals surface area contributed by atoms with E-state index in [1.165, 1.54) is 23.1 Å². The average Bonchev–Trinajstić information content (AvgIpc) is 2.38. The number of carboxylic acids is 1. The Hall–Kier alpha value is -2.21. The van der Waals surface area contributed by atoms with Crippen molar-refractivity contribution < 1.29 is 14.3 Å². The maximum Gasteiger partial charge on any atom is 0.341 e. The molecule has 0 aliphatic heterocycles. The second kappa shape index (κ2) is 5.42. The summed E-state index contributed by atoms with van der Waals surface area (Å²) in [7, 11) is 3.28. The SMILES string of the molecule is CN(C)c1nc(-c2c(F)cccc2Cl)ncc1C(=O)O. The van der Waals surface area contributed by atoms with Gasteiger partial charge >= 0.3 is 5.97 Å². The summed E-state index contributed by atoms with van der Waals surface area (Å²) in [5.41, 5.74) is -0.0135. The van der Waals surface area contributed by atoms with Crippen LogP contribution in [0.15, 0.2) is 24.4 Å². The molecule has 5 nitrogen and oxygen atoms in total. The van der Waals surface area contributed by atoms with Gasteiger partial charge < -0.3 is 10.0 Å². The normalized spacial score (nSPS) is 10.4. The van der Waals surface area contributed by atoms with Gasteiger partial charge in [-0.15, -0.1) is 0 Å². The number of hydrogen-bond acceptors (Lipinski definition) is 4. The highest BCUT2D eigenvalue weighted by Gasteiger charge is 2.19. The lowest BCUT2D eigenvalue weighted by Crippen LogP contribution is -2.17. The molecular formula is C13H11ClFN3O2. The number of hydrogen-bond donors (Lipinski definition) is 1. The van der Waals surface area contributed by atoms with E-state index in [0.29, 0.717) is 0 Å². The first-order valence-electron chi connectivity index (χ1n) is 5.64. The molecule has 1 aromatic carbocycles. The smallest absolute Gasteiger partial charge is 0.341 e. The Bertz CT molecular complexity index is 656. The topological polar surface area (TPSA) is 66.3 Å². The van der Waals surface area contributed by atoms with Crippen LogP contribution in [0.4, 0.5) is 10.2 Å². The number of rotatable bonds is 3. The molecule has 1 heterocycles. The van der Waals surface area contributed by atoms with Crippen molar-refractivity contribution in [1.29, 1.82) is 0 Å². The zero-order chi connectivity index (χ0) is 14.9. The van der Waals surface area contributed by atoms with Crippen LogP contribution in [0.25, 0.3) is 11.4 Å². The molecule has 0 radical (unpaired) electrons. The Kier molecular flexibility index (Phi) is 3.85. The minimum atomic E-state index is -1.15. The van der Waals surface area contributed by atoms with E-state index in [1.807, 2.05) is 0 Å². The highest BCUT2D eigenvalue weighted by molar-refractivity contribution is 6.33. The number of benzene rings is 1. The molecule has 1 aromatic heterocycles. The maximum atomic E-state index is 13.8. The van der Waals surface area contributed by atoms with Crippen molar-refractivity contribution in [1.82, 2.24) is 9.97 Å². The van der Waals surface area contributed by atoms with Gasteiger partial charge in [0.15, 0.2) is 5.82 Å². The van der Waals surface area contributed by atoms with Crippen molar-refractivity contribution in [3.8, 4) is 11.4 Å². The Morgan fingerprint density at radius 1 is 1.40 bits per heavy atom. The van der Waals surface area contributed by atoms with Crippen molar-refractivity contribution in [2.24, 2.45) is 0 Å². The summed E-state index contributed by atoms with van der Waals surface area (Å²) in [5.74, 6) is -1.49. The van der Waals surface area contributed by atoms with Crippen LogP contribution in [0.5, 0.6) is 0 Å². The molecule has 0 unspecified atom stereocenters. The molecule has 20 heavy (non-hydrogen) atoms. The summed E-state index contributed by atoms with van der Waals surface area (Å²) < 4.78 is 13.8. The average molecular weight is 296 g/mol. The summed E-state index contributed by atoms with van der Waals surface area (Å²) in [6.07, 6.45) is 1.14. The molecule has 0 fully saturated rings. The van der Waals surface area contributed by atoms with Crippen LogP contribution in [-0.4, -0.2) is 35.1 Å². The molecule has 2 rings (SSSR count). The first-order valence-corrected chi connectivity index (χ1v) is 6.01. The first-order chi connectivity index (χ1) is 9.41. The van der Waals surface area contributed by atoms with Crippen LogP contribution in [-0.2, 0) is 0 Å². The third-order valence-corrected chi connectivity index (χ3v) is 2.92. The van der Waals surface area contributed by atoms with Crippen LogP contribution in [0.2, 0.25) is 5.02 Å². The molecule has 7 heteroatoms. The number of halogens is 2. The molecule has 0 aliphatic rings. The zero-order valence-corrected chi connectivity index (χ0v) is 11.5. The lowest BCUT2D eigenvalue weighted by Gasteiger charge is -2.15. The van der Waals surface area contributed by atoms with Gasteiger partial charge in [0.1, 0.15) is 17.2 Å². The van der Waals surface area contributed by atoms with Gasteiger partial charge in [-0.05, 0) is 12.1 Å². The lowest BCUT2D eigenvalue weighted by molar-refractivity contribution is 0.0697. The summed E-state index contributed by atoms with van der Waals surface area (Å²) >= 11 is 5.95. The third-order valence-electron chi connectivity index (χ3n) is 2.61. The second-order valence-corrected chi connectivity index (χ2v) is 4.63. The quantitative estimate of drug-likeness (QED) is 0.943. The monoisotopic (exact) mass is 295 g/mol. The van der Waals surface area contributed by atoms with Crippen molar-refractivity contribution in [2.45, 2.75) is 0 Å². The van der Waals surface area contributed by atoms with Crippen molar-refractivity contribution >= 4 is 23.4 Å². The summed E-state index contributed by atoms with van der Waals surface area (Å²) in [5, 5.41) is 9.24. The minimum Gasteiger partial charge on any atom is -0.477 e. The second-order valence-electron chi connectivity index (χ2n) is 4.23. The third kappa shape index (κ3) is 2.55. The molecule has 0 spiro atoms. The predicted octanol–water partition coefficient (Wildman–Crippen LogP) is 2.70. The number of aromatic nitrogens is 2. The van der Waals surface area contributed by atoms with E-state index in [9.17, 15) is 9.18 Å². The first kappa shape index (κ1) is 14.2. The van der Waals surface area contributed by atoms with E-state index in [2.05, 4.69) is 9.97 Å². The Morgan fingerprint density at radius 2 is 2.10 bits per heavy atom. The van der Waals surface area contributed by atoms with Gasteiger partial charge in [0, 0.05) is 20.3 Å². The van der Waals surface area contributed by atoms with Gasteiger partial charge in [-0.3, -0.25) is 0 Å². The molecule has 0 bridgehead atoms. The van der Waals surface area contributed by atoms with Gasteiger partial charge in [-0.25, -0.2) is 19.2 Å². The zero-order valence-electron chi connectivity index (χ0n) is 10.8.